The number of nitrogens with one attached hydrogen (secondary N) is 1. The molecule has 0 amide bonds. The summed E-state index contributed by atoms with van der Waals surface area (Å²) in [6.07, 6.45) is 1.26. The van der Waals surface area contributed by atoms with Crippen molar-refractivity contribution in [2.24, 2.45) is 0 Å². The highest BCUT2D eigenvalue weighted by Gasteiger charge is 2.26. The van der Waals surface area contributed by atoms with E-state index in [0.29, 0.717) is 11.6 Å². The second-order valence-electron chi connectivity index (χ2n) is 4.30. The minimum atomic E-state index is 0.324. The molecule has 1 aliphatic rings. The number of rotatable bonds is 0. The molecule has 66 valence electrons. The summed E-state index contributed by atoms with van der Waals surface area (Å²) in [7, 11) is 2.21. The number of hydrogen-bond acceptors (Lipinski definition) is 2. The van der Waals surface area contributed by atoms with Crippen LogP contribution in [0.2, 0.25) is 0 Å². The van der Waals surface area contributed by atoms with Crippen LogP contribution in [-0.2, 0) is 0 Å². The molecule has 0 aliphatic carbocycles. The van der Waals surface area contributed by atoms with Gasteiger partial charge in [0.05, 0.1) is 0 Å². The minimum Gasteiger partial charge on any atom is -0.312 e. The van der Waals surface area contributed by atoms with Gasteiger partial charge in [-0.2, -0.15) is 0 Å². The fourth-order valence-corrected chi connectivity index (χ4v) is 1.35. The molecular weight excluding hydrogens is 136 g/mol. The van der Waals surface area contributed by atoms with E-state index in [9.17, 15) is 0 Å². The number of likely N-dealkylation sites (N-methyl/N-ethyl adjacent to an activating group) is 1. The van der Waals surface area contributed by atoms with Crippen LogP contribution in [0.4, 0.5) is 0 Å². The first-order valence-electron chi connectivity index (χ1n) is 4.47. The maximum absolute atomic E-state index is 3.52. The normalized spacial score (nSPS) is 33.3. The standard InChI is InChI=1S/C9H20N2/c1-8-5-6-11(4)9(2,3)7-10-8/h8,10H,5-7H2,1-4H3. The first-order valence-corrected chi connectivity index (χ1v) is 4.47. The third-order valence-corrected chi connectivity index (χ3v) is 2.81. The monoisotopic (exact) mass is 156 g/mol. The van der Waals surface area contributed by atoms with Gasteiger partial charge in [-0.3, -0.25) is 4.90 Å². The van der Waals surface area contributed by atoms with Crippen molar-refractivity contribution in [2.75, 3.05) is 20.1 Å². The van der Waals surface area contributed by atoms with Crippen molar-refractivity contribution in [3.63, 3.8) is 0 Å². The van der Waals surface area contributed by atoms with Crippen molar-refractivity contribution in [3.05, 3.63) is 0 Å². The summed E-state index contributed by atoms with van der Waals surface area (Å²) in [5.74, 6) is 0. The van der Waals surface area contributed by atoms with Gasteiger partial charge >= 0.3 is 0 Å². The van der Waals surface area contributed by atoms with Crippen molar-refractivity contribution >= 4 is 0 Å². The molecule has 1 fully saturated rings. The van der Waals surface area contributed by atoms with Crippen LogP contribution in [0, 0.1) is 0 Å². The molecule has 0 aromatic carbocycles. The fourth-order valence-electron chi connectivity index (χ4n) is 1.35. The molecule has 0 aromatic rings. The topological polar surface area (TPSA) is 15.3 Å². The Hall–Kier alpha value is -0.0800. The number of nitrogens with zero attached hydrogens (tertiary/aromatic N) is 1. The van der Waals surface area contributed by atoms with E-state index < -0.39 is 0 Å². The summed E-state index contributed by atoms with van der Waals surface area (Å²) in [6.45, 7) is 9.15. The molecule has 1 saturated heterocycles. The zero-order valence-corrected chi connectivity index (χ0v) is 8.15. The highest BCUT2D eigenvalue weighted by molar-refractivity contribution is 4.86. The molecule has 2 heteroatoms. The van der Waals surface area contributed by atoms with Crippen LogP contribution in [0.15, 0.2) is 0 Å². The van der Waals surface area contributed by atoms with E-state index in [2.05, 4.69) is 38.0 Å². The van der Waals surface area contributed by atoms with Gasteiger partial charge in [-0.05, 0) is 40.8 Å². The molecule has 1 atom stereocenters. The summed E-state index contributed by atoms with van der Waals surface area (Å²) >= 11 is 0. The van der Waals surface area contributed by atoms with Crippen LogP contribution in [-0.4, -0.2) is 36.6 Å². The van der Waals surface area contributed by atoms with Crippen molar-refractivity contribution in [3.8, 4) is 0 Å². The van der Waals surface area contributed by atoms with Crippen molar-refractivity contribution in [2.45, 2.75) is 38.8 Å². The zero-order chi connectivity index (χ0) is 8.48. The molecule has 1 rings (SSSR count). The molecule has 1 N–H and O–H groups in total. The van der Waals surface area contributed by atoms with E-state index in [-0.39, 0.29) is 0 Å². The molecule has 0 spiro atoms. The second kappa shape index (κ2) is 3.11. The maximum atomic E-state index is 3.52. The average molecular weight is 156 g/mol. The molecule has 1 aliphatic heterocycles. The molecule has 1 heterocycles. The lowest BCUT2D eigenvalue weighted by atomic mass is 10.0. The Balaban J connectivity index is 2.56. The third-order valence-electron chi connectivity index (χ3n) is 2.81. The van der Waals surface area contributed by atoms with Crippen LogP contribution < -0.4 is 5.32 Å². The Kier molecular flexibility index (Phi) is 2.55. The molecule has 0 bridgehead atoms. The van der Waals surface area contributed by atoms with Gasteiger partial charge in [0.25, 0.3) is 0 Å². The Bertz CT molecular complexity index is 132. The smallest absolute Gasteiger partial charge is 0.0274 e. The van der Waals surface area contributed by atoms with Crippen molar-refractivity contribution in [1.29, 1.82) is 0 Å². The van der Waals surface area contributed by atoms with Gasteiger partial charge in [0.2, 0.25) is 0 Å². The van der Waals surface area contributed by atoms with Gasteiger partial charge in [-0.1, -0.05) is 0 Å². The van der Waals surface area contributed by atoms with E-state index >= 15 is 0 Å². The molecule has 0 aromatic heterocycles. The fraction of sp³-hybridized carbons (Fsp3) is 1.00. The molecule has 0 saturated carbocycles. The lowest BCUT2D eigenvalue weighted by Gasteiger charge is -2.33. The van der Waals surface area contributed by atoms with Crippen molar-refractivity contribution < 1.29 is 0 Å². The second-order valence-corrected chi connectivity index (χ2v) is 4.30. The predicted octanol–water partition coefficient (Wildman–Crippen LogP) is 1.08. The quantitative estimate of drug-likeness (QED) is 0.564. The van der Waals surface area contributed by atoms with Crippen LogP contribution in [0.1, 0.15) is 27.2 Å². The van der Waals surface area contributed by atoms with Gasteiger partial charge in [0, 0.05) is 18.1 Å². The minimum absolute atomic E-state index is 0.324. The number of hydrogen-bond donors (Lipinski definition) is 1. The molecule has 2 nitrogen and oxygen atoms in total. The van der Waals surface area contributed by atoms with Crippen LogP contribution >= 0.6 is 0 Å². The van der Waals surface area contributed by atoms with E-state index in [1.807, 2.05) is 0 Å². The average Bonchev–Trinajstić information content (AvgIpc) is 2.03. The summed E-state index contributed by atoms with van der Waals surface area (Å²) in [6, 6.07) is 0.680. The van der Waals surface area contributed by atoms with Gasteiger partial charge < -0.3 is 5.32 Å². The zero-order valence-electron chi connectivity index (χ0n) is 8.15. The Morgan fingerprint density at radius 3 is 2.73 bits per heavy atom. The largest absolute Gasteiger partial charge is 0.312 e. The Labute approximate surface area is 70.0 Å². The molecule has 11 heavy (non-hydrogen) atoms. The van der Waals surface area contributed by atoms with Gasteiger partial charge in [0.15, 0.2) is 0 Å². The molecule has 0 radical (unpaired) electrons. The maximum Gasteiger partial charge on any atom is 0.0274 e. The van der Waals surface area contributed by atoms with Crippen LogP contribution in [0.5, 0.6) is 0 Å². The molecule has 1 unspecified atom stereocenters. The van der Waals surface area contributed by atoms with Crippen LogP contribution in [0.3, 0.4) is 0 Å². The first kappa shape index (κ1) is 9.01. The van der Waals surface area contributed by atoms with Crippen molar-refractivity contribution in [1.82, 2.24) is 10.2 Å². The highest BCUT2D eigenvalue weighted by Crippen LogP contribution is 2.15. The Morgan fingerprint density at radius 2 is 2.09 bits per heavy atom. The highest BCUT2D eigenvalue weighted by atomic mass is 15.2. The van der Waals surface area contributed by atoms with E-state index in [1.165, 1.54) is 13.0 Å². The van der Waals surface area contributed by atoms with Crippen LogP contribution in [0.25, 0.3) is 0 Å². The lowest BCUT2D eigenvalue weighted by Crippen LogP contribution is -2.46. The molecular formula is C9H20N2. The Morgan fingerprint density at radius 1 is 1.45 bits per heavy atom. The summed E-state index contributed by atoms with van der Waals surface area (Å²) in [4.78, 5) is 2.43. The first-order chi connectivity index (χ1) is 5.02. The predicted molar refractivity (Wildman–Crippen MR) is 48.8 cm³/mol. The summed E-state index contributed by atoms with van der Waals surface area (Å²) in [5.41, 5.74) is 0.324. The summed E-state index contributed by atoms with van der Waals surface area (Å²) in [5, 5.41) is 3.52. The van der Waals surface area contributed by atoms with Gasteiger partial charge in [0.1, 0.15) is 0 Å². The third kappa shape index (κ3) is 2.17. The van der Waals surface area contributed by atoms with E-state index in [1.54, 1.807) is 0 Å². The van der Waals surface area contributed by atoms with E-state index in [4.69, 9.17) is 0 Å². The SMILES string of the molecule is CC1CCN(C)C(C)(C)CN1. The van der Waals surface area contributed by atoms with E-state index in [0.717, 1.165) is 6.54 Å². The summed E-state index contributed by atoms with van der Waals surface area (Å²) < 4.78 is 0. The van der Waals surface area contributed by atoms with Gasteiger partial charge in [-0.15, -0.1) is 0 Å². The van der Waals surface area contributed by atoms with Gasteiger partial charge in [-0.25, -0.2) is 0 Å². The lowest BCUT2D eigenvalue weighted by molar-refractivity contribution is 0.171.